The molecular formula is C14H17BrFN3OS. The number of hydrogen-bond donors (Lipinski definition) is 2. The Morgan fingerprint density at radius 1 is 1.48 bits per heavy atom. The molecule has 0 aliphatic carbocycles. The molecular weight excluding hydrogens is 357 g/mol. The van der Waals surface area contributed by atoms with E-state index in [0.29, 0.717) is 32.7 Å². The van der Waals surface area contributed by atoms with Gasteiger partial charge in [-0.3, -0.25) is 4.79 Å². The quantitative estimate of drug-likeness (QED) is 0.797. The third-order valence-corrected chi connectivity index (χ3v) is 4.12. The number of nitrogens with zero attached hydrogens (tertiary/aromatic N) is 1. The first-order valence-electron chi connectivity index (χ1n) is 6.68. The van der Waals surface area contributed by atoms with Gasteiger partial charge in [0.1, 0.15) is 11.9 Å². The van der Waals surface area contributed by atoms with Gasteiger partial charge < -0.3 is 14.9 Å². The molecule has 0 saturated carbocycles. The van der Waals surface area contributed by atoms with E-state index < -0.39 is 6.04 Å². The lowest BCUT2D eigenvalue weighted by molar-refractivity contribution is -0.123. The van der Waals surface area contributed by atoms with Crippen LogP contribution in [0.25, 0.3) is 11.0 Å². The maximum atomic E-state index is 13.7. The van der Waals surface area contributed by atoms with Gasteiger partial charge in [0.05, 0.1) is 15.5 Å². The largest absolute Gasteiger partial charge is 0.354 e. The van der Waals surface area contributed by atoms with Gasteiger partial charge >= 0.3 is 0 Å². The van der Waals surface area contributed by atoms with Crippen LogP contribution in [0.5, 0.6) is 0 Å². The summed E-state index contributed by atoms with van der Waals surface area (Å²) in [5.41, 5.74) is 1.27. The van der Waals surface area contributed by atoms with Gasteiger partial charge in [-0.1, -0.05) is 13.8 Å². The first kappa shape index (κ1) is 16.2. The van der Waals surface area contributed by atoms with Crippen molar-refractivity contribution >= 4 is 45.1 Å². The van der Waals surface area contributed by atoms with Crippen molar-refractivity contribution in [2.24, 2.45) is 5.92 Å². The second kappa shape index (κ2) is 6.27. The third kappa shape index (κ3) is 3.35. The molecule has 2 rings (SSSR count). The van der Waals surface area contributed by atoms with Crippen molar-refractivity contribution in [3.05, 3.63) is 27.2 Å². The van der Waals surface area contributed by atoms with Gasteiger partial charge in [0.2, 0.25) is 5.91 Å². The molecule has 0 fully saturated rings. The highest BCUT2D eigenvalue weighted by Crippen LogP contribution is 2.25. The number of H-pyrrole nitrogens is 1. The predicted octanol–water partition coefficient (Wildman–Crippen LogP) is 3.93. The minimum atomic E-state index is -0.509. The van der Waals surface area contributed by atoms with E-state index in [0.717, 1.165) is 0 Å². The van der Waals surface area contributed by atoms with Crippen molar-refractivity contribution in [2.45, 2.75) is 26.8 Å². The molecule has 114 valence electrons. The number of nitrogens with one attached hydrogen (secondary N) is 2. The topological polar surface area (TPSA) is 49.8 Å². The number of rotatable bonds is 4. The zero-order chi connectivity index (χ0) is 15.7. The lowest BCUT2D eigenvalue weighted by atomic mass is 10.2. The van der Waals surface area contributed by atoms with Gasteiger partial charge in [-0.2, -0.15) is 0 Å². The third-order valence-electron chi connectivity index (χ3n) is 3.21. The summed E-state index contributed by atoms with van der Waals surface area (Å²) in [5.74, 6) is -0.158. The fraction of sp³-hybridized carbons (Fsp3) is 0.429. The van der Waals surface area contributed by atoms with Crippen molar-refractivity contribution in [2.75, 3.05) is 6.54 Å². The molecule has 0 aliphatic rings. The molecule has 1 aromatic carbocycles. The Morgan fingerprint density at radius 2 is 2.14 bits per heavy atom. The normalized spacial score (nSPS) is 12.9. The fourth-order valence-electron chi connectivity index (χ4n) is 2.07. The van der Waals surface area contributed by atoms with Crippen LogP contribution in [0.3, 0.4) is 0 Å². The maximum absolute atomic E-state index is 13.7. The van der Waals surface area contributed by atoms with Crippen molar-refractivity contribution in [3.63, 3.8) is 0 Å². The Kier molecular flexibility index (Phi) is 4.83. The van der Waals surface area contributed by atoms with E-state index in [1.54, 1.807) is 17.6 Å². The Labute approximate surface area is 135 Å². The van der Waals surface area contributed by atoms with Gasteiger partial charge in [0.15, 0.2) is 4.77 Å². The molecule has 7 heteroatoms. The van der Waals surface area contributed by atoms with E-state index in [1.165, 1.54) is 6.07 Å². The van der Waals surface area contributed by atoms with E-state index in [1.807, 2.05) is 13.8 Å². The average molecular weight is 374 g/mol. The monoisotopic (exact) mass is 373 g/mol. The standard InChI is InChI=1S/C14H17BrFN3OS/c1-7(2)6-17-13(20)8(3)19-12-5-10(16)9(15)4-11(12)18-14(19)21/h4-5,7-8H,6H2,1-3H3,(H,17,20)(H,18,21). The van der Waals surface area contributed by atoms with Crippen LogP contribution >= 0.6 is 28.1 Å². The molecule has 0 radical (unpaired) electrons. The number of imidazole rings is 1. The number of hydrogen-bond acceptors (Lipinski definition) is 2. The number of fused-ring (bicyclic) bond motifs is 1. The summed E-state index contributed by atoms with van der Waals surface area (Å²) in [7, 11) is 0. The Bertz CT molecular complexity index is 738. The van der Waals surface area contributed by atoms with Crippen LogP contribution in [-0.2, 0) is 4.79 Å². The summed E-state index contributed by atoms with van der Waals surface area (Å²) in [6.07, 6.45) is 0. The van der Waals surface area contributed by atoms with Gasteiger partial charge in [0.25, 0.3) is 0 Å². The summed E-state index contributed by atoms with van der Waals surface area (Å²) < 4.78 is 16.1. The molecule has 0 spiro atoms. The van der Waals surface area contributed by atoms with E-state index in [9.17, 15) is 9.18 Å². The molecule has 0 bridgehead atoms. The van der Waals surface area contributed by atoms with E-state index in [4.69, 9.17) is 12.2 Å². The van der Waals surface area contributed by atoms with Crippen LogP contribution in [0.4, 0.5) is 4.39 Å². The number of amides is 1. The van der Waals surface area contributed by atoms with Crippen LogP contribution in [-0.4, -0.2) is 22.0 Å². The minimum absolute atomic E-state index is 0.135. The first-order valence-corrected chi connectivity index (χ1v) is 7.88. The smallest absolute Gasteiger partial charge is 0.242 e. The van der Waals surface area contributed by atoms with E-state index in [-0.39, 0.29) is 11.7 Å². The van der Waals surface area contributed by atoms with Crippen molar-refractivity contribution in [3.8, 4) is 0 Å². The maximum Gasteiger partial charge on any atom is 0.242 e. The first-order chi connectivity index (χ1) is 9.81. The second-order valence-corrected chi connectivity index (χ2v) is 6.64. The predicted molar refractivity (Wildman–Crippen MR) is 87.3 cm³/mol. The lowest BCUT2D eigenvalue weighted by Crippen LogP contribution is -2.33. The Morgan fingerprint density at radius 3 is 2.76 bits per heavy atom. The molecule has 4 nitrogen and oxygen atoms in total. The fourth-order valence-corrected chi connectivity index (χ4v) is 2.78. The molecule has 1 heterocycles. The number of carbonyl (C=O) groups excluding carboxylic acids is 1. The number of halogens is 2. The van der Waals surface area contributed by atoms with Crippen molar-refractivity contribution in [1.29, 1.82) is 0 Å². The lowest BCUT2D eigenvalue weighted by Gasteiger charge is -2.16. The Hall–Kier alpha value is -1.21. The van der Waals surface area contributed by atoms with E-state index >= 15 is 0 Å². The van der Waals surface area contributed by atoms with Crippen LogP contribution in [0, 0.1) is 16.5 Å². The van der Waals surface area contributed by atoms with Crippen LogP contribution in [0.15, 0.2) is 16.6 Å². The summed E-state index contributed by atoms with van der Waals surface area (Å²) >= 11 is 8.40. The molecule has 21 heavy (non-hydrogen) atoms. The summed E-state index contributed by atoms with van der Waals surface area (Å²) in [4.78, 5) is 15.2. The van der Waals surface area contributed by atoms with Gasteiger partial charge in [-0.25, -0.2) is 4.39 Å². The van der Waals surface area contributed by atoms with Gasteiger partial charge in [0, 0.05) is 12.6 Å². The van der Waals surface area contributed by atoms with Gasteiger partial charge in [-0.05, 0) is 47.1 Å². The number of aromatic amines is 1. The summed E-state index contributed by atoms with van der Waals surface area (Å²) in [6, 6.07) is 2.48. The van der Waals surface area contributed by atoms with Crippen LogP contribution in [0.1, 0.15) is 26.8 Å². The van der Waals surface area contributed by atoms with E-state index in [2.05, 4.69) is 26.2 Å². The molecule has 2 aromatic rings. The molecule has 1 amide bonds. The van der Waals surface area contributed by atoms with Crippen LogP contribution < -0.4 is 5.32 Å². The zero-order valence-corrected chi connectivity index (χ0v) is 14.4. The molecule has 1 atom stereocenters. The molecule has 0 aliphatic heterocycles. The molecule has 0 saturated heterocycles. The Balaban J connectivity index is 2.41. The highest BCUT2D eigenvalue weighted by atomic mass is 79.9. The second-order valence-electron chi connectivity index (χ2n) is 5.40. The molecule has 1 unspecified atom stereocenters. The highest BCUT2D eigenvalue weighted by molar-refractivity contribution is 9.10. The van der Waals surface area contributed by atoms with Crippen LogP contribution in [0.2, 0.25) is 0 Å². The van der Waals surface area contributed by atoms with Crippen molar-refractivity contribution < 1.29 is 9.18 Å². The molecule has 1 aromatic heterocycles. The summed E-state index contributed by atoms with van der Waals surface area (Å²) in [5, 5.41) is 2.87. The van der Waals surface area contributed by atoms with Crippen molar-refractivity contribution in [1.82, 2.24) is 14.9 Å². The SMILES string of the molecule is CC(C)CNC(=O)C(C)n1c(=S)[nH]c2cc(Br)c(F)cc21. The number of benzene rings is 1. The summed E-state index contributed by atoms with van der Waals surface area (Å²) in [6.45, 7) is 6.39. The highest BCUT2D eigenvalue weighted by Gasteiger charge is 2.19. The average Bonchev–Trinajstić information content (AvgIpc) is 2.71. The molecule has 2 N–H and O–H groups in total. The van der Waals surface area contributed by atoms with Gasteiger partial charge in [-0.15, -0.1) is 0 Å². The zero-order valence-electron chi connectivity index (χ0n) is 12.0. The minimum Gasteiger partial charge on any atom is -0.354 e. The number of carbonyl (C=O) groups is 1. The number of aromatic nitrogens is 2.